The van der Waals surface area contributed by atoms with Crippen molar-refractivity contribution in [1.29, 1.82) is 0 Å². The van der Waals surface area contributed by atoms with Crippen molar-refractivity contribution in [3.05, 3.63) is 46.7 Å². The summed E-state index contributed by atoms with van der Waals surface area (Å²) >= 11 is 1.25. The fourth-order valence-electron chi connectivity index (χ4n) is 5.41. The van der Waals surface area contributed by atoms with Crippen LogP contribution >= 0.6 is 11.8 Å². The van der Waals surface area contributed by atoms with Gasteiger partial charge in [-0.2, -0.15) is 9.97 Å². The summed E-state index contributed by atoms with van der Waals surface area (Å²) in [5.74, 6) is 0.765. The molecular formula is C36H50N6O8S. The van der Waals surface area contributed by atoms with Crippen LogP contribution in [-0.2, 0) is 21.4 Å². The van der Waals surface area contributed by atoms with Crippen molar-refractivity contribution in [2.75, 3.05) is 58.5 Å². The largest absolute Gasteiger partial charge is 0.479 e. The van der Waals surface area contributed by atoms with E-state index >= 15 is 0 Å². The summed E-state index contributed by atoms with van der Waals surface area (Å²) in [6.45, 7) is 14.0. The first-order valence-corrected chi connectivity index (χ1v) is 17.8. The Bertz CT molecular complexity index is 1680. The first-order chi connectivity index (χ1) is 24.1. The number of likely N-dealkylation sites (N-methyl/N-ethyl adjacent to an activating group) is 1. The van der Waals surface area contributed by atoms with Crippen molar-refractivity contribution in [3.63, 3.8) is 0 Å². The molecule has 3 aromatic rings. The van der Waals surface area contributed by atoms with Crippen LogP contribution in [0.25, 0.3) is 0 Å². The molecule has 15 heteroatoms. The van der Waals surface area contributed by atoms with Gasteiger partial charge in [0.2, 0.25) is 17.7 Å². The molecule has 0 fully saturated rings. The minimum absolute atomic E-state index is 0.0152. The Kier molecular flexibility index (Phi) is 13.2. The lowest BCUT2D eigenvalue weighted by molar-refractivity contribution is -0.120. The number of benzene rings is 1. The van der Waals surface area contributed by atoms with Gasteiger partial charge >= 0.3 is 6.09 Å². The van der Waals surface area contributed by atoms with Crippen LogP contribution in [0.1, 0.15) is 74.7 Å². The average molecular weight is 727 g/mol. The van der Waals surface area contributed by atoms with Crippen molar-refractivity contribution in [2.24, 2.45) is 0 Å². The van der Waals surface area contributed by atoms with Crippen molar-refractivity contribution >= 4 is 35.4 Å². The zero-order chi connectivity index (χ0) is 37.3. The highest BCUT2D eigenvalue weighted by molar-refractivity contribution is 7.99. The summed E-state index contributed by atoms with van der Waals surface area (Å²) < 4.78 is 27.9. The summed E-state index contributed by atoms with van der Waals surface area (Å²) in [6, 6.07) is 7.34. The summed E-state index contributed by atoms with van der Waals surface area (Å²) in [6.07, 6.45) is 1.90. The summed E-state index contributed by atoms with van der Waals surface area (Å²) in [7, 11) is 4.74. The molecule has 278 valence electrons. The highest BCUT2D eigenvalue weighted by Gasteiger charge is 2.31. The number of ether oxygens (including phenoxy) is 4. The highest BCUT2D eigenvalue weighted by Crippen LogP contribution is 2.42. The Balaban J connectivity index is 1.25. The molecule has 1 aromatic carbocycles. The standard InChI is InChI=1S/C36H50N6O8S/c1-22-20-23-12-14-36(5,6)24(23)21-26(22)49-28-11-10-25(48-28)30(44)39-29-31(46-8)40-33(41-32(29)47-9)51-19-13-27(43)37-15-17-42(7)18-16-38-34(45)50-35(2,3)4/h10-11,20-21H,12-19H2,1-9H3,(H,37,43)(H,38,45)(H,39,44). The number of alkyl carbamates (subject to hydrolysis) is 1. The van der Waals surface area contributed by atoms with E-state index in [-0.39, 0.29) is 46.9 Å². The molecule has 3 N–H and O–H groups in total. The number of nitrogens with zero attached hydrogens (tertiary/aromatic N) is 3. The zero-order valence-electron chi connectivity index (χ0n) is 31.0. The molecule has 0 radical (unpaired) electrons. The lowest BCUT2D eigenvalue weighted by atomic mass is 9.86. The second-order valence-electron chi connectivity index (χ2n) is 13.9. The molecule has 2 heterocycles. The van der Waals surface area contributed by atoms with Gasteiger partial charge in [0.15, 0.2) is 16.6 Å². The number of methoxy groups -OCH3 is 2. The number of aryl methyl sites for hydroxylation is 2. The second kappa shape index (κ2) is 17.1. The molecule has 0 spiro atoms. The number of thioether (sulfide) groups is 1. The van der Waals surface area contributed by atoms with Crippen molar-refractivity contribution in [3.8, 4) is 23.5 Å². The van der Waals surface area contributed by atoms with E-state index < -0.39 is 17.6 Å². The van der Waals surface area contributed by atoms with Crippen LogP contribution in [0.4, 0.5) is 10.5 Å². The molecule has 0 atom stereocenters. The van der Waals surface area contributed by atoms with Gasteiger partial charge in [-0.3, -0.25) is 9.59 Å². The molecule has 0 saturated carbocycles. The fourth-order valence-corrected chi connectivity index (χ4v) is 6.18. The molecular weight excluding hydrogens is 676 g/mol. The molecule has 3 amide bonds. The third-order valence-electron chi connectivity index (χ3n) is 8.15. The minimum atomic E-state index is -0.570. The molecule has 0 unspecified atom stereocenters. The lowest BCUT2D eigenvalue weighted by Crippen LogP contribution is -2.39. The molecule has 0 aliphatic heterocycles. The van der Waals surface area contributed by atoms with Crippen molar-refractivity contribution in [2.45, 2.75) is 77.0 Å². The predicted molar refractivity (Wildman–Crippen MR) is 194 cm³/mol. The van der Waals surface area contributed by atoms with Crippen LogP contribution in [0.2, 0.25) is 0 Å². The Morgan fingerprint density at radius 1 is 1.02 bits per heavy atom. The number of hydrogen-bond acceptors (Lipinski definition) is 12. The maximum Gasteiger partial charge on any atom is 0.407 e. The molecule has 0 saturated heterocycles. The van der Waals surface area contributed by atoms with E-state index in [9.17, 15) is 14.4 Å². The number of fused-ring (bicyclic) bond motifs is 1. The summed E-state index contributed by atoms with van der Waals surface area (Å²) in [4.78, 5) is 48.2. The highest BCUT2D eigenvalue weighted by atomic mass is 32.2. The van der Waals surface area contributed by atoms with Gasteiger partial charge in [-0.05, 0) is 81.8 Å². The third kappa shape index (κ3) is 11.2. The topological polar surface area (TPSA) is 166 Å². The number of anilines is 1. The van der Waals surface area contributed by atoms with Gasteiger partial charge in [-0.1, -0.05) is 31.7 Å². The van der Waals surface area contributed by atoms with Crippen LogP contribution in [0.3, 0.4) is 0 Å². The zero-order valence-corrected chi connectivity index (χ0v) is 31.8. The normalized spacial score (nSPS) is 13.4. The van der Waals surface area contributed by atoms with E-state index in [0.717, 1.165) is 18.4 Å². The molecule has 4 rings (SSSR count). The first-order valence-electron chi connectivity index (χ1n) is 16.9. The number of aromatic nitrogens is 2. The number of furan rings is 1. The Morgan fingerprint density at radius 3 is 2.33 bits per heavy atom. The van der Waals surface area contributed by atoms with Gasteiger partial charge in [0, 0.05) is 44.4 Å². The van der Waals surface area contributed by atoms with E-state index in [0.29, 0.717) is 42.8 Å². The van der Waals surface area contributed by atoms with Crippen LogP contribution in [-0.4, -0.2) is 91.6 Å². The van der Waals surface area contributed by atoms with E-state index in [4.69, 9.17) is 23.4 Å². The molecule has 2 aromatic heterocycles. The molecule has 1 aliphatic carbocycles. The molecule has 14 nitrogen and oxygen atoms in total. The number of carbonyl (C=O) groups is 3. The fraction of sp³-hybridized carbons (Fsp3) is 0.528. The van der Waals surface area contributed by atoms with Crippen molar-refractivity contribution < 1.29 is 37.7 Å². The molecule has 0 bridgehead atoms. The first kappa shape index (κ1) is 39.3. The number of hydrogen-bond donors (Lipinski definition) is 3. The smallest absolute Gasteiger partial charge is 0.407 e. The number of rotatable bonds is 16. The molecule has 1 aliphatic rings. The van der Waals surface area contributed by atoms with E-state index in [1.807, 2.05) is 39.6 Å². The van der Waals surface area contributed by atoms with Crippen LogP contribution in [0.15, 0.2) is 33.8 Å². The van der Waals surface area contributed by atoms with Gasteiger partial charge in [-0.25, -0.2) is 4.79 Å². The quantitative estimate of drug-likeness (QED) is 0.122. The van der Waals surface area contributed by atoms with Crippen LogP contribution < -0.4 is 30.2 Å². The predicted octanol–water partition coefficient (Wildman–Crippen LogP) is 5.72. The minimum Gasteiger partial charge on any atom is -0.479 e. The van der Waals surface area contributed by atoms with Crippen LogP contribution in [0.5, 0.6) is 23.5 Å². The van der Waals surface area contributed by atoms with E-state index in [1.165, 1.54) is 43.2 Å². The molecule has 51 heavy (non-hydrogen) atoms. The van der Waals surface area contributed by atoms with Crippen LogP contribution in [0, 0.1) is 6.92 Å². The van der Waals surface area contributed by atoms with Gasteiger partial charge in [0.25, 0.3) is 11.9 Å². The number of carbonyl (C=O) groups excluding carboxylic acids is 3. The number of amides is 3. The lowest BCUT2D eigenvalue weighted by Gasteiger charge is -2.21. The maximum atomic E-state index is 13.2. The summed E-state index contributed by atoms with van der Waals surface area (Å²) in [5, 5.41) is 8.64. The Hall–Kier alpha value is -4.50. The van der Waals surface area contributed by atoms with Crippen molar-refractivity contribution in [1.82, 2.24) is 25.5 Å². The van der Waals surface area contributed by atoms with E-state index in [2.05, 4.69) is 51.9 Å². The Morgan fingerprint density at radius 2 is 1.69 bits per heavy atom. The average Bonchev–Trinajstić information content (AvgIpc) is 3.64. The number of nitrogens with one attached hydrogen (secondary N) is 3. The second-order valence-corrected chi connectivity index (χ2v) is 15.0. The van der Waals surface area contributed by atoms with E-state index in [1.54, 1.807) is 6.07 Å². The Labute approximate surface area is 303 Å². The van der Waals surface area contributed by atoms with Gasteiger partial charge in [0.05, 0.1) is 14.2 Å². The van der Waals surface area contributed by atoms with Gasteiger partial charge in [-0.15, -0.1) is 0 Å². The van der Waals surface area contributed by atoms with Gasteiger partial charge < -0.3 is 44.2 Å². The maximum absolute atomic E-state index is 13.2. The summed E-state index contributed by atoms with van der Waals surface area (Å²) in [5.41, 5.74) is 3.25. The monoisotopic (exact) mass is 726 g/mol. The SMILES string of the molecule is COc1nc(SCCC(=O)NCCN(C)CCNC(=O)OC(C)(C)C)nc(OC)c1NC(=O)c1ccc(Oc2cc3c(cc2C)CCC3(C)C)o1. The third-order valence-corrected chi connectivity index (χ3v) is 9.00. The van der Waals surface area contributed by atoms with Gasteiger partial charge in [0.1, 0.15) is 11.4 Å².